The minimum atomic E-state index is -3.29. The van der Waals surface area contributed by atoms with Gasteiger partial charge in [-0.15, -0.1) is 0 Å². The summed E-state index contributed by atoms with van der Waals surface area (Å²) in [5.74, 6) is -0.241. The van der Waals surface area contributed by atoms with Crippen LogP contribution in [0.25, 0.3) is 0 Å². The van der Waals surface area contributed by atoms with Gasteiger partial charge in [0.1, 0.15) is 5.41 Å². The molecule has 0 heterocycles. The molecule has 1 aliphatic carbocycles. The van der Waals surface area contributed by atoms with E-state index in [2.05, 4.69) is 6.07 Å². The lowest BCUT2D eigenvalue weighted by atomic mass is 10.0. The van der Waals surface area contributed by atoms with E-state index in [9.17, 15) is 13.7 Å². The Hall–Kier alpha value is -1.38. The Kier molecular flexibility index (Phi) is 4.40. The second kappa shape index (κ2) is 5.78. The van der Waals surface area contributed by atoms with E-state index >= 15 is 0 Å². The van der Waals surface area contributed by atoms with Crippen LogP contribution in [0.2, 0.25) is 0 Å². The highest BCUT2D eigenvalue weighted by molar-refractivity contribution is 7.92. The van der Waals surface area contributed by atoms with Crippen LogP contribution in [-0.4, -0.2) is 32.6 Å². The van der Waals surface area contributed by atoms with Gasteiger partial charge in [-0.25, -0.2) is 8.42 Å². The summed E-state index contributed by atoms with van der Waals surface area (Å²) in [7, 11) is -3.29. The quantitative estimate of drug-likeness (QED) is 0.809. The summed E-state index contributed by atoms with van der Waals surface area (Å²) in [5.41, 5.74) is 1.07. The molecule has 3 atom stereocenters. The zero-order chi connectivity index (χ0) is 15.7. The molecule has 114 valence electrons. The van der Waals surface area contributed by atoms with E-state index in [1.807, 2.05) is 38.1 Å². The Labute approximate surface area is 126 Å². The van der Waals surface area contributed by atoms with Crippen LogP contribution < -0.4 is 0 Å². The number of hydrogen-bond donors (Lipinski definition) is 0. The van der Waals surface area contributed by atoms with Crippen LogP contribution in [0.3, 0.4) is 0 Å². The number of nitrogens with zero attached hydrogens (tertiary/aromatic N) is 1. The van der Waals surface area contributed by atoms with Gasteiger partial charge in [-0.05, 0) is 19.4 Å². The van der Waals surface area contributed by atoms with Gasteiger partial charge in [-0.1, -0.05) is 36.8 Å². The van der Waals surface area contributed by atoms with E-state index in [1.54, 1.807) is 6.92 Å². The summed E-state index contributed by atoms with van der Waals surface area (Å²) >= 11 is 0. The first-order chi connectivity index (χ1) is 9.93. The van der Waals surface area contributed by atoms with Crippen molar-refractivity contribution in [1.82, 2.24) is 0 Å². The highest BCUT2D eigenvalue weighted by Crippen LogP contribution is 2.62. The van der Waals surface area contributed by atoms with Gasteiger partial charge < -0.3 is 4.74 Å². The number of sulfone groups is 1. The predicted octanol–water partition coefficient (Wildman–Crippen LogP) is 2.44. The topological polar surface area (TPSA) is 67.2 Å². The monoisotopic (exact) mass is 307 g/mol. The van der Waals surface area contributed by atoms with E-state index in [0.29, 0.717) is 6.61 Å². The standard InChI is InChI=1S/C16H21NO3S/c1-4-20-11-16(10-17)14(15(16)21(18,19)5-2)13-8-6-12(3)7-9-13/h6-9,14-15H,4-5,11H2,1-3H3/t14-,15+,16+/m0/s1. The van der Waals surface area contributed by atoms with E-state index in [4.69, 9.17) is 4.74 Å². The second-order valence-electron chi connectivity index (χ2n) is 5.55. The molecule has 4 nitrogen and oxygen atoms in total. The first-order valence-corrected chi connectivity index (χ1v) is 8.91. The van der Waals surface area contributed by atoms with Gasteiger partial charge >= 0.3 is 0 Å². The molecular weight excluding hydrogens is 286 g/mol. The molecule has 1 saturated carbocycles. The van der Waals surface area contributed by atoms with Crippen molar-refractivity contribution in [3.8, 4) is 6.07 Å². The van der Waals surface area contributed by atoms with Crippen molar-refractivity contribution < 1.29 is 13.2 Å². The van der Waals surface area contributed by atoms with Gasteiger partial charge in [0, 0.05) is 18.3 Å². The Morgan fingerprint density at radius 1 is 1.29 bits per heavy atom. The molecule has 0 unspecified atom stereocenters. The normalized spacial score (nSPS) is 28.1. The van der Waals surface area contributed by atoms with Crippen molar-refractivity contribution in [1.29, 1.82) is 5.26 Å². The zero-order valence-corrected chi connectivity index (χ0v) is 13.5. The minimum absolute atomic E-state index is 0.0512. The molecule has 0 bridgehead atoms. The minimum Gasteiger partial charge on any atom is -0.380 e. The van der Waals surface area contributed by atoms with Gasteiger partial charge in [0.05, 0.1) is 17.9 Å². The Bertz CT molecular complexity index is 645. The largest absolute Gasteiger partial charge is 0.380 e. The number of nitriles is 1. The van der Waals surface area contributed by atoms with Crippen molar-refractivity contribution in [3.05, 3.63) is 35.4 Å². The van der Waals surface area contributed by atoms with E-state index in [1.165, 1.54) is 0 Å². The average molecular weight is 307 g/mol. The first kappa shape index (κ1) is 16.0. The molecule has 1 aliphatic rings. The average Bonchev–Trinajstić information content (AvgIpc) is 3.16. The fourth-order valence-electron chi connectivity index (χ4n) is 2.97. The van der Waals surface area contributed by atoms with Gasteiger partial charge in [0.2, 0.25) is 0 Å². The molecule has 21 heavy (non-hydrogen) atoms. The van der Waals surface area contributed by atoms with Crippen molar-refractivity contribution in [2.24, 2.45) is 5.41 Å². The molecule has 1 fully saturated rings. The van der Waals surface area contributed by atoms with Crippen LogP contribution in [-0.2, 0) is 14.6 Å². The summed E-state index contributed by atoms with van der Waals surface area (Å²) in [6.07, 6.45) is 0. The maximum atomic E-state index is 12.3. The van der Waals surface area contributed by atoms with E-state index in [0.717, 1.165) is 11.1 Å². The molecule has 0 N–H and O–H groups in total. The van der Waals surface area contributed by atoms with Crippen molar-refractivity contribution in [3.63, 3.8) is 0 Å². The zero-order valence-electron chi connectivity index (χ0n) is 12.7. The van der Waals surface area contributed by atoms with Crippen molar-refractivity contribution in [2.75, 3.05) is 19.0 Å². The maximum Gasteiger partial charge on any atom is 0.155 e. The smallest absolute Gasteiger partial charge is 0.155 e. The molecule has 0 saturated heterocycles. The number of ether oxygens (including phenoxy) is 1. The molecule has 0 aliphatic heterocycles. The van der Waals surface area contributed by atoms with Crippen LogP contribution in [0.1, 0.15) is 30.9 Å². The molecule has 5 heteroatoms. The number of hydrogen-bond acceptors (Lipinski definition) is 4. The van der Waals surface area contributed by atoms with Crippen LogP contribution in [0.4, 0.5) is 0 Å². The lowest BCUT2D eigenvalue weighted by Gasteiger charge is -2.09. The maximum absolute atomic E-state index is 12.3. The van der Waals surface area contributed by atoms with Gasteiger partial charge in [0.15, 0.2) is 9.84 Å². The van der Waals surface area contributed by atoms with E-state index < -0.39 is 20.5 Å². The first-order valence-electron chi connectivity index (χ1n) is 7.20. The summed E-state index contributed by atoms with van der Waals surface area (Å²) < 4.78 is 30.1. The number of rotatable bonds is 6. The molecular formula is C16H21NO3S. The summed E-state index contributed by atoms with van der Waals surface area (Å²) in [5, 5.41) is 8.95. The van der Waals surface area contributed by atoms with Crippen molar-refractivity contribution in [2.45, 2.75) is 31.9 Å². The Morgan fingerprint density at radius 2 is 1.90 bits per heavy atom. The number of aryl methyl sites for hydroxylation is 1. The molecule has 0 spiro atoms. The van der Waals surface area contributed by atoms with Crippen LogP contribution in [0.5, 0.6) is 0 Å². The van der Waals surface area contributed by atoms with Crippen LogP contribution >= 0.6 is 0 Å². The molecule has 1 aromatic carbocycles. The molecule has 2 rings (SSSR count). The fourth-order valence-corrected chi connectivity index (χ4v) is 4.97. The Morgan fingerprint density at radius 3 is 2.38 bits per heavy atom. The summed E-state index contributed by atoms with van der Waals surface area (Å²) in [6, 6.07) is 9.98. The second-order valence-corrected chi connectivity index (χ2v) is 7.96. The van der Waals surface area contributed by atoms with Crippen LogP contribution in [0.15, 0.2) is 24.3 Å². The molecule has 0 amide bonds. The van der Waals surface area contributed by atoms with Gasteiger partial charge in [0.25, 0.3) is 0 Å². The third kappa shape index (κ3) is 2.70. The molecule has 0 radical (unpaired) electrons. The highest BCUT2D eigenvalue weighted by Gasteiger charge is 2.71. The molecule has 1 aromatic rings. The van der Waals surface area contributed by atoms with Gasteiger partial charge in [-0.2, -0.15) is 5.26 Å². The molecule has 0 aromatic heterocycles. The number of benzene rings is 1. The Balaban J connectivity index is 2.42. The van der Waals surface area contributed by atoms with Crippen molar-refractivity contribution >= 4 is 9.84 Å². The lowest BCUT2D eigenvalue weighted by Crippen LogP contribution is -2.20. The summed E-state index contributed by atoms with van der Waals surface area (Å²) in [4.78, 5) is 0. The third-order valence-electron chi connectivity index (χ3n) is 4.24. The SMILES string of the molecule is CCOC[C@@]1(C#N)[C@H](S(=O)(=O)CC)[C@@H]1c1ccc(C)cc1. The third-order valence-corrected chi connectivity index (χ3v) is 6.51. The van der Waals surface area contributed by atoms with Crippen LogP contribution in [0, 0.1) is 23.7 Å². The summed E-state index contributed by atoms with van der Waals surface area (Å²) in [6.45, 7) is 6.10. The van der Waals surface area contributed by atoms with Gasteiger partial charge in [-0.3, -0.25) is 0 Å². The lowest BCUT2D eigenvalue weighted by molar-refractivity contribution is 0.117. The predicted molar refractivity (Wildman–Crippen MR) is 81.7 cm³/mol. The highest BCUT2D eigenvalue weighted by atomic mass is 32.2. The fraction of sp³-hybridized carbons (Fsp3) is 0.562. The van der Waals surface area contributed by atoms with E-state index in [-0.39, 0.29) is 18.3 Å².